The van der Waals surface area contributed by atoms with Gasteiger partial charge in [0.25, 0.3) is 0 Å². The van der Waals surface area contributed by atoms with Crippen molar-refractivity contribution in [2.75, 3.05) is 13.2 Å². The number of nitrogens with zero attached hydrogens (tertiary/aromatic N) is 1. The van der Waals surface area contributed by atoms with Crippen molar-refractivity contribution in [3.05, 3.63) is 0 Å². The Morgan fingerprint density at radius 1 is 1.29 bits per heavy atom. The molecule has 2 unspecified atom stereocenters. The number of nitrogens with one attached hydrogen (secondary N) is 1. The van der Waals surface area contributed by atoms with Crippen molar-refractivity contribution in [2.45, 2.75) is 64.1 Å². The summed E-state index contributed by atoms with van der Waals surface area (Å²) in [6, 6.07) is 1.62. The van der Waals surface area contributed by atoms with Crippen LogP contribution in [0.5, 0.6) is 0 Å². The lowest BCUT2D eigenvalue weighted by atomic mass is 9.98. The number of carbonyl (C=O) groups is 1. The van der Waals surface area contributed by atoms with Gasteiger partial charge in [-0.1, -0.05) is 6.92 Å². The van der Waals surface area contributed by atoms with Crippen LogP contribution in [-0.2, 0) is 4.74 Å². The van der Waals surface area contributed by atoms with Crippen LogP contribution in [0.2, 0.25) is 0 Å². The Hall–Kier alpha value is -0.770. The van der Waals surface area contributed by atoms with Crippen molar-refractivity contribution in [1.82, 2.24) is 10.2 Å². The van der Waals surface area contributed by atoms with Gasteiger partial charge >= 0.3 is 6.09 Å². The fraction of sp³-hybridized carbons (Fsp3) is 0.923. The van der Waals surface area contributed by atoms with Crippen LogP contribution < -0.4 is 5.32 Å². The van der Waals surface area contributed by atoms with Gasteiger partial charge in [0.15, 0.2) is 0 Å². The third-order valence-electron chi connectivity index (χ3n) is 3.86. The highest BCUT2D eigenvalue weighted by Gasteiger charge is 2.37. The molecule has 0 spiro atoms. The monoisotopic (exact) mass is 240 g/mol. The Labute approximate surface area is 104 Å². The number of piperidine rings is 1. The number of amides is 1. The number of rotatable bonds is 4. The van der Waals surface area contributed by atoms with Crippen molar-refractivity contribution in [3.8, 4) is 0 Å². The van der Waals surface area contributed by atoms with Crippen molar-refractivity contribution in [3.63, 3.8) is 0 Å². The summed E-state index contributed by atoms with van der Waals surface area (Å²) < 4.78 is 5.17. The van der Waals surface area contributed by atoms with E-state index in [0.717, 1.165) is 25.8 Å². The predicted octanol–water partition coefficient (Wildman–Crippen LogP) is 2.14. The third-order valence-corrected chi connectivity index (χ3v) is 3.86. The number of hydrogen-bond acceptors (Lipinski definition) is 3. The summed E-state index contributed by atoms with van der Waals surface area (Å²) in [4.78, 5) is 13.9. The van der Waals surface area contributed by atoms with E-state index in [-0.39, 0.29) is 6.09 Å². The van der Waals surface area contributed by atoms with Gasteiger partial charge in [0.1, 0.15) is 0 Å². The van der Waals surface area contributed by atoms with Crippen molar-refractivity contribution < 1.29 is 9.53 Å². The van der Waals surface area contributed by atoms with E-state index in [0.29, 0.717) is 24.7 Å². The van der Waals surface area contributed by atoms with Gasteiger partial charge in [-0.05, 0) is 39.0 Å². The molecule has 0 aliphatic carbocycles. The first-order valence-corrected chi connectivity index (χ1v) is 6.94. The summed E-state index contributed by atoms with van der Waals surface area (Å²) in [6.07, 6.45) is 5.59. The summed E-state index contributed by atoms with van der Waals surface area (Å²) in [7, 11) is 0. The molecule has 2 atom stereocenters. The molecule has 1 amide bonds. The van der Waals surface area contributed by atoms with Gasteiger partial charge in [-0.2, -0.15) is 0 Å². The van der Waals surface area contributed by atoms with Crippen LogP contribution in [0.25, 0.3) is 0 Å². The molecule has 17 heavy (non-hydrogen) atoms. The molecule has 98 valence electrons. The minimum atomic E-state index is -0.124. The smallest absolute Gasteiger partial charge is 0.409 e. The first-order valence-electron chi connectivity index (χ1n) is 6.94. The maximum Gasteiger partial charge on any atom is 0.409 e. The van der Waals surface area contributed by atoms with Gasteiger partial charge in [-0.15, -0.1) is 0 Å². The summed E-state index contributed by atoms with van der Waals surface area (Å²) in [6.45, 7) is 5.27. The van der Waals surface area contributed by atoms with E-state index in [1.807, 2.05) is 11.8 Å². The van der Waals surface area contributed by atoms with E-state index in [1.165, 1.54) is 12.8 Å². The molecule has 0 aromatic carbocycles. The highest BCUT2D eigenvalue weighted by Crippen LogP contribution is 2.30. The quantitative estimate of drug-likeness (QED) is 0.818. The lowest BCUT2D eigenvalue weighted by Crippen LogP contribution is -2.50. The molecule has 0 aromatic rings. The van der Waals surface area contributed by atoms with E-state index < -0.39 is 0 Å². The average Bonchev–Trinajstić information content (AvgIpc) is 2.65. The van der Waals surface area contributed by atoms with Crippen molar-refractivity contribution in [2.24, 2.45) is 0 Å². The van der Waals surface area contributed by atoms with E-state index in [9.17, 15) is 4.79 Å². The molecule has 0 aromatic heterocycles. The van der Waals surface area contributed by atoms with Gasteiger partial charge in [-0.25, -0.2) is 4.79 Å². The SMILES string of the molecule is CCCN(C(=O)OCC)C1CC2CCC(C1)N2. The molecule has 0 saturated carbocycles. The number of hydrogen-bond donors (Lipinski definition) is 1. The Bertz CT molecular complexity index is 258. The van der Waals surface area contributed by atoms with Crippen LogP contribution in [0.15, 0.2) is 0 Å². The minimum Gasteiger partial charge on any atom is -0.450 e. The zero-order chi connectivity index (χ0) is 12.3. The van der Waals surface area contributed by atoms with E-state index in [4.69, 9.17) is 4.74 Å². The Morgan fingerprint density at radius 2 is 1.94 bits per heavy atom. The number of fused-ring (bicyclic) bond motifs is 2. The zero-order valence-electron chi connectivity index (χ0n) is 10.9. The fourth-order valence-electron chi connectivity index (χ4n) is 3.15. The van der Waals surface area contributed by atoms with Crippen LogP contribution in [0, 0.1) is 0 Å². The normalized spacial score (nSPS) is 31.3. The molecule has 2 aliphatic rings. The van der Waals surface area contributed by atoms with Crippen LogP contribution in [0.4, 0.5) is 4.79 Å². The van der Waals surface area contributed by atoms with E-state index in [1.54, 1.807) is 0 Å². The predicted molar refractivity (Wildman–Crippen MR) is 67.0 cm³/mol. The Kier molecular flexibility index (Phi) is 4.26. The third kappa shape index (κ3) is 2.92. The Balaban J connectivity index is 1.97. The van der Waals surface area contributed by atoms with Gasteiger partial charge in [-0.3, -0.25) is 0 Å². The standard InChI is InChI=1S/C13H24N2O2/c1-3-7-15(13(16)17-4-2)12-8-10-5-6-11(9-12)14-10/h10-12,14H,3-9H2,1-2H3. The molecular formula is C13H24N2O2. The number of carbonyl (C=O) groups excluding carboxylic acids is 1. The van der Waals surface area contributed by atoms with Crippen LogP contribution in [-0.4, -0.2) is 42.3 Å². The first kappa shape index (κ1) is 12.7. The second-order valence-electron chi connectivity index (χ2n) is 5.16. The summed E-state index contributed by atoms with van der Waals surface area (Å²) in [5.74, 6) is 0. The van der Waals surface area contributed by atoms with Crippen LogP contribution >= 0.6 is 0 Å². The molecule has 0 radical (unpaired) electrons. The maximum atomic E-state index is 11.9. The second-order valence-corrected chi connectivity index (χ2v) is 5.16. The maximum absolute atomic E-state index is 11.9. The molecule has 2 heterocycles. The van der Waals surface area contributed by atoms with Crippen LogP contribution in [0.3, 0.4) is 0 Å². The molecule has 2 fully saturated rings. The first-order chi connectivity index (χ1) is 8.24. The molecule has 2 bridgehead atoms. The van der Waals surface area contributed by atoms with E-state index >= 15 is 0 Å². The molecule has 4 heteroatoms. The van der Waals surface area contributed by atoms with Gasteiger partial charge in [0, 0.05) is 24.7 Å². The number of ether oxygens (including phenoxy) is 1. The topological polar surface area (TPSA) is 41.6 Å². The molecule has 2 saturated heterocycles. The zero-order valence-corrected chi connectivity index (χ0v) is 10.9. The highest BCUT2D eigenvalue weighted by molar-refractivity contribution is 5.68. The van der Waals surface area contributed by atoms with Gasteiger partial charge in [0.05, 0.1) is 6.61 Å². The minimum absolute atomic E-state index is 0.124. The van der Waals surface area contributed by atoms with Crippen molar-refractivity contribution in [1.29, 1.82) is 0 Å². The lowest BCUT2D eigenvalue weighted by molar-refractivity contribution is 0.0770. The molecule has 1 N–H and O–H groups in total. The second kappa shape index (κ2) is 5.71. The largest absolute Gasteiger partial charge is 0.450 e. The van der Waals surface area contributed by atoms with Gasteiger partial charge < -0.3 is 15.0 Å². The molecule has 2 rings (SSSR count). The average molecular weight is 240 g/mol. The summed E-state index contributed by atoms with van der Waals surface area (Å²) >= 11 is 0. The summed E-state index contributed by atoms with van der Waals surface area (Å²) in [5.41, 5.74) is 0. The van der Waals surface area contributed by atoms with Crippen LogP contribution in [0.1, 0.15) is 46.0 Å². The van der Waals surface area contributed by atoms with E-state index in [2.05, 4.69) is 12.2 Å². The molecule has 4 nitrogen and oxygen atoms in total. The molecular weight excluding hydrogens is 216 g/mol. The lowest BCUT2D eigenvalue weighted by Gasteiger charge is -2.37. The highest BCUT2D eigenvalue weighted by atomic mass is 16.6. The fourth-order valence-corrected chi connectivity index (χ4v) is 3.15. The van der Waals surface area contributed by atoms with Crippen molar-refractivity contribution >= 4 is 6.09 Å². The van der Waals surface area contributed by atoms with Gasteiger partial charge in [0.2, 0.25) is 0 Å². The molecule has 2 aliphatic heterocycles. The Morgan fingerprint density at radius 3 is 2.47 bits per heavy atom. The summed E-state index contributed by atoms with van der Waals surface area (Å²) in [5, 5.41) is 3.61.